The van der Waals surface area contributed by atoms with E-state index in [1.54, 1.807) is 29.2 Å². The largest absolute Gasteiger partial charge is 0.465 e. The summed E-state index contributed by atoms with van der Waals surface area (Å²) in [5.74, 6) is -0.702. The van der Waals surface area contributed by atoms with Gasteiger partial charge >= 0.3 is 5.97 Å². The summed E-state index contributed by atoms with van der Waals surface area (Å²) < 4.78 is 4.66. The average Bonchev–Trinajstić information content (AvgIpc) is 2.80. The van der Waals surface area contributed by atoms with E-state index < -0.39 is 5.97 Å². The van der Waals surface area contributed by atoms with Crippen LogP contribution in [0.5, 0.6) is 0 Å². The van der Waals surface area contributed by atoms with Gasteiger partial charge in [-0.3, -0.25) is 9.69 Å². The van der Waals surface area contributed by atoms with Crippen LogP contribution in [-0.2, 0) is 16.1 Å². The van der Waals surface area contributed by atoms with Gasteiger partial charge in [0.15, 0.2) is 0 Å². The van der Waals surface area contributed by atoms with Crippen LogP contribution in [0.4, 0.5) is 5.69 Å². The zero-order valence-electron chi connectivity index (χ0n) is 16.9. The monoisotopic (exact) mass is 404 g/mol. The minimum atomic E-state index is -0.420. The lowest BCUT2D eigenvalue weighted by Crippen LogP contribution is -2.48. The molecule has 0 unspecified atom stereocenters. The molecule has 2 aromatic carbocycles. The maximum atomic E-state index is 12.7. The third-order valence-electron chi connectivity index (χ3n) is 4.95. The van der Waals surface area contributed by atoms with Gasteiger partial charge in [-0.25, -0.2) is 4.79 Å². The highest BCUT2D eigenvalue weighted by Gasteiger charge is 2.23. The van der Waals surface area contributed by atoms with Crippen molar-refractivity contribution in [1.82, 2.24) is 9.80 Å². The van der Waals surface area contributed by atoms with Gasteiger partial charge < -0.3 is 15.0 Å². The van der Waals surface area contributed by atoms with E-state index in [1.807, 2.05) is 24.3 Å². The number of nitriles is 1. The van der Waals surface area contributed by atoms with Crippen LogP contribution in [0.15, 0.2) is 66.4 Å². The Balaban J connectivity index is 1.54. The first-order valence-corrected chi connectivity index (χ1v) is 9.71. The van der Waals surface area contributed by atoms with E-state index in [0.29, 0.717) is 24.3 Å². The van der Waals surface area contributed by atoms with Crippen LogP contribution in [-0.4, -0.2) is 55.0 Å². The number of carbonyl (C=O) groups is 2. The lowest BCUT2D eigenvalue weighted by molar-refractivity contribution is -0.128. The van der Waals surface area contributed by atoms with E-state index in [1.165, 1.54) is 18.9 Å². The first-order valence-electron chi connectivity index (χ1n) is 9.71. The predicted molar refractivity (Wildman–Crippen MR) is 113 cm³/mol. The van der Waals surface area contributed by atoms with Gasteiger partial charge in [-0.15, -0.1) is 0 Å². The summed E-state index contributed by atoms with van der Waals surface area (Å²) in [6.45, 7) is 3.55. The fourth-order valence-electron chi connectivity index (χ4n) is 3.24. The van der Waals surface area contributed by atoms with Crippen molar-refractivity contribution >= 4 is 17.6 Å². The van der Waals surface area contributed by atoms with Crippen molar-refractivity contribution in [3.8, 4) is 6.07 Å². The molecule has 30 heavy (non-hydrogen) atoms. The average molecular weight is 404 g/mol. The fourth-order valence-corrected chi connectivity index (χ4v) is 3.24. The van der Waals surface area contributed by atoms with E-state index in [0.717, 1.165) is 19.6 Å². The molecule has 7 heteroatoms. The second-order valence-corrected chi connectivity index (χ2v) is 6.94. The van der Waals surface area contributed by atoms with Crippen LogP contribution < -0.4 is 5.32 Å². The smallest absolute Gasteiger partial charge is 0.337 e. The Kier molecular flexibility index (Phi) is 7.19. The van der Waals surface area contributed by atoms with Gasteiger partial charge in [0.05, 0.1) is 12.7 Å². The van der Waals surface area contributed by atoms with Gasteiger partial charge in [-0.05, 0) is 29.8 Å². The molecule has 0 aromatic heterocycles. The van der Waals surface area contributed by atoms with Gasteiger partial charge in [0.1, 0.15) is 11.6 Å². The second-order valence-electron chi connectivity index (χ2n) is 6.94. The number of esters is 1. The van der Waals surface area contributed by atoms with Crippen LogP contribution >= 0.6 is 0 Å². The quantitative estimate of drug-likeness (QED) is 0.453. The zero-order chi connectivity index (χ0) is 21.3. The Hall–Kier alpha value is -3.63. The SMILES string of the molecule is COC(=O)c1ccc(N/C=C(/C#N)C(=O)N2CCN(Cc3ccccc3)CC2)cc1. The number of benzene rings is 2. The Bertz CT molecular complexity index is 941. The van der Waals surface area contributed by atoms with E-state index in [9.17, 15) is 14.9 Å². The summed E-state index contributed by atoms with van der Waals surface area (Å²) in [4.78, 5) is 28.2. The summed E-state index contributed by atoms with van der Waals surface area (Å²) >= 11 is 0. The molecule has 0 spiro atoms. The second kappa shape index (κ2) is 10.2. The standard InChI is InChI=1S/C23H24N4O3/c1-30-23(29)19-7-9-21(10-8-19)25-16-20(15-24)22(28)27-13-11-26(12-14-27)17-18-5-3-2-4-6-18/h2-10,16,25H,11-14,17H2,1H3/b20-16-. The molecule has 1 aliphatic rings. The highest BCUT2D eigenvalue weighted by Crippen LogP contribution is 2.13. The molecule has 1 saturated heterocycles. The van der Waals surface area contributed by atoms with Crippen molar-refractivity contribution in [2.75, 3.05) is 38.6 Å². The molecule has 1 N–H and O–H groups in total. The van der Waals surface area contributed by atoms with Gasteiger partial charge in [-0.1, -0.05) is 30.3 Å². The highest BCUT2D eigenvalue weighted by atomic mass is 16.5. The summed E-state index contributed by atoms with van der Waals surface area (Å²) in [6, 6.07) is 18.8. The summed E-state index contributed by atoms with van der Waals surface area (Å²) in [5.41, 5.74) is 2.38. The molecule has 0 saturated carbocycles. The van der Waals surface area contributed by atoms with Crippen molar-refractivity contribution in [3.05, 3.63) is 77.5 Å². The molecule has 1 aliphatic heterocycles. The van der Waals surface area contributed by atoms with Crippen LogP contribution in [0.25, 0.3) is 0 Å². The molecule has 3 rings (SSSR count). The summed E-state index contributed by atoms with van der Waals surface area (Å²) in [6.07, 6.45) is 1.41. The van der Waals surface area contributed by atoms with E-state index in [2.05, 4.69) is 27.1 Å². The lowest BCUT2D eigenvalue weighted by Gasteiger charge is -2.34. The van der Waals surface area contributed by atoms with Gasteiger partial charge in [0.2, 0.25) is 0 Å². The van der Waals surface area contributed by atoms with E-state index in [4.69, 9.17) is 0 Å². The van der Waals surface area contributed by atoms with Crippen LogP contribution in [0, 0.1) is 11.3 Å². The molecular formula is C23H24N4O3. The number of anilines is 1. The van der Waals surface area contributed by atoms with Gasteiger partial charge in [-0.2, -0.15) is 5.26 Å². The topological polar surface area (TPSA) is 85.7 Å². The maximum absolute atomic E-state index is 12.7. The zero-order valence-corrected chi connectivity index (χ0v) is 16.9. The lowest BCUT2D eigenvalue weighted by atomic mass is 10.2. The first-order chi connectivity index (χ1) is 14.6. The van der Waals surface area contributed by atoms with Gasteiger partial charge in [0, 0.05) is 44.6 Å². The molecular weight excluding hydrogens is 380 g/mol. The van der Waals surface area contributed by atoms with Gasteiger partial charge in [0.25, 0.3) is 5.91 Å². The Morgan fingerprint density at radius 1 is 1.07 bits per heavy atom. The fraction of sp³-hybridized carbons (Fsp3) is 0.261. The number of ether oxygens (including phenoxy) is 1. The van der Waals surface area contributed by atoms with Crippen molar-refractivity contribution < 1.29 is 14.3 Å². The molecule has 0 atom stereocenters. The molecule has 7 nitrogen and oxygen atoms in total. The van der Waals surface area contributed by atoms with Crippen LogP contribution in [0.2, 0.25) is 0 Å². The number of methoxy groups -OCH3 is 1. The van der Waals surface area contributed by atoms with Crippen LogP contribution in [0.3, 0.4) is 0 Å². The molecule has 0 radical (unpaired) electrons. The number of hydrogen-bond acceptors (Lipinski definition) is 6. The summed E-state index contributed by atoms with van der Waals surface area (Å²) in [7, 11) is 1.32. The molecule has 1 fully saturated rings. The molecule has 154 valence electrons. The Morgan fingerprint density at radius 3 is 2.33 bits per heavy atom. The number of piperazine rings is 1. The first kappa shape index (κ1) is 21.1. The molecule has 0 aliphatic carbocycles. The predicted octanol–water partition coefficient (Wildman–Crippen LogP) is 2.64. The molecule has 2 aromatic rings. The number of rotatable bonds is 6. The van der Waals surface area contributed by atoms with Crippen molar-refractivity contribution in [2.24, 2.45) is 0 Å². The minimum absolute atomic E-state index is 0.0450. The number of carbonyl (C=O) groups excluding carboxylic acids is 2. The van der Waals surface area contributed by atoms with E-state index in [-0.39, 0.29) is 11.5 Å². The summed E-state index contributed by atoms with van der Waals surface area (Å²) in [5, 5.41) is 12.4. The Morgan fingerprint density at radius 2 is 1.73 bits per heavy atom. The molecule has 1 amide bonds. The van der Waals surface area contributed by atoms with Crippen LogP contribution in [0.1, 0.15) is 15.9 Å². The number of nitrogens with zero attached hydrogens (tertiary/aromatic N) is 3. The maximum Gasteiger partial charge on any atom is 0.337 e. The molecule has 0 bridgehead atoms. The van der Waals surface area contributed by atoms with Crippen molar-refractivity contribution in [3.63, 3.8) is 0 Å². The van der Waals surface area contributed by atoms with Crippen molar-refractivity contribution in [2.45, 2.75) is 6.54 Å². The normalized spacial score (nSPS) is 14.7. The highest BCUT2D eigenvalue weighted by molar-refractivity contribution is 5.97. The molecule has 1 heterocycles. The minimum Gasteiger partial charge on any atom is -0.465 e. The van der Waals surface area contributed by atoms with Crippen molar-refractivity contribution in [1.29, 1.82) is 5.26 Å². The third kappa shape index (κ3) is 5.46. The van der Waals surface area contributed by atoms with E-state index >= 15 is 0 Å². The third-order valence-corrected chi connectivity index (χ3v) is 4.95. The number of amides is 1. The Labute approximate surface area is 176 Å². The number of nitrogens with one attached hydrogen (secondary N) is 1. The number of hydrogen-bond donors (Lipinski definition) is 1.